The summed E-state index contributed by atoms with van der Waals surface area (Å²) in [6, 6.07) is 14.1. The number of halogens is 2. The number of hydrogen-bond donors (Lipinski definition) is 1. The maximum absolute atomic E-state index is 14.1. The van der Waals surface area contributed by atoms with Crippen molar-refractivity contribution in [1.29, 1.82) is 0 Å². The van der Waals surface area contributed by atoms with Crippen LogP contribution >= 0.6 is 12.4 Å². The zero-order valence-electron chi connectivity index (χ0n) is 13.6. The lowest BCUT2D eigenvalue weighted by Gasteiger charge is -2.22. The number of amides is 1. The van der Waals surface area contributed by atoms with Crippen LogP contribution in [0.1, 0.15) is 15.9 Å². The van der Waals surface area contributed by atoms with Gasteiger partial charge in [0.15, 0.2) is 0 Å². The van der Waals surface area contributed by atoms with Gasteiger partial charge >= 0.3 is 0 Å². The maximum atomic E-state index is 14.1. The largest absolute Gasteiger partial charge is 0.497 e. The van der Waals surface area contributed by atoms with Crippen molar-refractivity contribution in [2.24, 2.45) is 5.73 Å². The third-order valence-corrected chi connectivity index (χ3v) is 3.61. The molecule has 0 aliphatic heterocycles. The number of ether oxygens (including phenoxy) is 1. The normalized spacial score (nSPS) is 9.96. The number of carbonyl (C=O) groups is 1. The second-order valence-electron chi connectivity index (χ2n) is 5.16. The number of methoxy groups -OCH3 is 1. The highest BCUT2D eigenvalue weighted by Crippen LogP contribution is 2.18. The predicted octanol–water partition coefficient (Wildman–Crippen LogP) is 2.90. The van der Waals surface area contributed by atoms with Crippen molar-refractivity contribution in [3.8, 4) is 5.75 Å². The van der Waals surface area contributed by atoms with E-state index in [9.17, 15) is 9.18 Å². The van der Waals surface area contributed by atoms with E-state index in [1.54, 1.807) is 11.0 Å². The second-order valence-corrected chi connectivity index (χ2v) is 5.16. The van der Waals surface area contributed by atoms with Gasteiger partial charge in [-0.15, -0.1) is 12.4 Å². The molecule has 0 aromatic heterocycles. The van der Waals surface area contributed by atoms with E-state index in [0.29, 0.717) is 31.8 Å². The minimum absolute atomic E-state index is 0. The summed E-state index contributed by atoms with van der Waals surface area (Å²) in [4.78, 5) is 14.1. The van der Waals surface area contributed by atoms with E-state index in [0.717, 1.165) is 5.56 Å². The molecule has 2 aromatic carbocycles. The molecule has 0 aliphatic carbocycles. The van der Waals surface area contributed by atoms with Gasteiger partial charge in [0.2, 0.25) is 0 Å². The highest BCUT2D eigenvalue weighted by atomic mass is 35.5. The third-order valence-electron chi connectivity index (χ3n) is 3.61. The first-order valence-electron chi connectivity index (χ1n) is 7.52. The summed E-state index contributed by atoms with van der Waals surface area (Å²) in [6.45, 7) is 1.21. The van der Waals surface area contributed by atoms with E-state index >= 15 is 0 Å². The predicted molar refractivity (Wildman–Crippen MR) is 95.3 cm³/mol. The summed E-state index contributed by atoms with van der Waals surface area (Å²) in [6.07, 6.45) is 0.699. The van der Waals surface area contributed by atoms with Crippen molar-refractivity contribution < 1.29 is 13.9 Å². The highest BCUT2D eigenvalue weighted by Gasteiger charge is 2.19. The third kappa shape index (κ3) is 5.22. The molecule has 0 atom stereocenters. The summed E-state index contributed by atoms with van der Waals surface area (Å²) in [5.41, 5.74) is 6.75. The molecule has 1 amide bonds. The molecule has 0 aliphatic rings. The Morgan fingerprint density at radius 3 is 2.46 bits per heavy atom. The second kappa shape index (κ2) is 9.90. The summed E-state index contributed by atoms with van der Waals surface area (Å²) in [5.74, 6) is -0.559. The van der Waals surface area contributed by atoms with Gasteiger partial charge in [-0.05, 0) is 24.1 Å². The standard InChI is InChI=1S/C18H21FN2O2.ClH/c1-23-15-7-8-16(17(19)13-15)18(22)21(12-10-20)11-9-14-5-3-2-4-6-14;/h2-8,13H,9-12,20H2,1H3;1H. The number of benzene rings is 2. The van der Waals surface area contributed by atoms with E-state index in [2.05, 4.69) is 0 Å². The first-order chi connectivity index (χ1) is 11.2. The van der Waals surface area contributed by atoms with Gasteiger partial charge in [-0.1, -0.05) is 30.3 Å². The molecule has 0 fully saturated rings. The van der Waals surface area contributed by atoms with Gasteiger partial charge in [-0.3, -0.25) is 4.79 Å². The Hall–Kier alpha value is -2.11. The maximum Gasteiger partial charge on any atom is 0.256 e. The Morgan fingerprint density at radius 1 is 1.17 bits per heavy atom. The number of rotatable bonds is 7. The molecular weight excluding hydrogens is 331 g/mol. The lowest BCUT2D eigenvalue weighted by molar-refractivity contribution is 0.0757. The van der Waals surface area contributed by atoms with Crippen molar-refractivity contribution >= 4 is 18.3 Å². The van der Waals surface area contributed by atoms with Gasteiger partial charge in [0.1, 0.15) is 11.6 Å². The Kier molecular flexibility index (Phi) is 8.22. The lowest BCUT2D eigenvalue weighted by atomic mass is 10.1. The summed E-state index contributed by atoms with van der Waals surface area (Å²) in [5, 5.41) is 0. The van der Waals surface area contributed by atoms with Crippen molar-refractivity contribution in [2.45, 2.75) is 6.42 Å². The van der Waals surface area contributed by atoms with E-state index in [1.807, 2.05) is 30.3 Å². The first-order valence-corrected chi connectivity index (χ1v) is 7.52. The number of carbonyl (C=O) groups excluding carboxylic acids is 1. The van der Waals surface area contributed by atoms with Crippen LogP contribution < -0.4 is 10.5 Å². The zero-order valence-corrected chi connectivity index (χ0v) is 14.4. The molecule has 2 aromatic rings. The fourth-order valence-electron chi connectivity index (χ4n) is 2.35. The SMILES string of the molecule is COc1ccc(C(=O)N(CCN)CCc2ccccc2)c(F)c1.Cl. The molecule has 24 heavy (non-hydrogen) atoms. The van der Waals surface area contributed by atoms with E-state index in [4.69, 9.17) is 10.5 Å². The molecule has 4 nitrogen and oxygen atoms in total. The average molecular weight is 353 g/mol. The molecule has 0 unspecified atom stereocenters. The van der Waals surface area contributed by atoms with E-state index in [1.165, 1.54) is 19.2 Å². The van der Waals surface area contributed by atoms with Gasteiger partial charge in [0.25, 0.3) is 5.91 Å². The summed E-state index contributed by atoms with van der Waals surface area (Å²) < 4.78 is 19.1. The fourth-order valence-corrected chi connectivity index (χ4v) is 2.35. The molecular formula is C18H22ClFN2O2. The Labute approximate surface area is 147 Å². The smallest absolute Gasteiger partial charge is 0.256 e. The van der Waals surface area contributed by atoms with Gasteiger partial charge in [0, 0.05) is 25.7 Å². The zero-order chi connectivity index (χ0) is 16.7. The van der Waals surface area contributed by atoms with E-state index in [-0.39, 0.29) is 23.9 Å². The molecule has 0 saturated heterocycles. The van der Waals surface area contributed by atoms with Crippen molar-refractivity contribution in [2.75, 3.05) is 26.7 Å². The first kappa shape index (κ1) is 19.9. The van der Waals surface area contributed by atoms with Crippen LogP contribution in [-0.2, 0) is 6.42 Å². The van der Waals surface area contributed by atoms with Crippen LogP contribution in [0, 0.1) is 5.82 Å². The number of hydrogen-bond acceptors (Lipinski definition) is 3. The molecule has 0 spiro atoms. The van der Waals surface area contributed by atoms with Gasteiger partial charge in [-0.25, -0.2) is 4.39 Å². The number of nitrogens with zero attached hydrogens (tertiary/aromatic N) is 1. The molecule has 130 valence electrons. The quantitative estimate of drug-likeness (QED) is 0.833. The molecule has 0 saturated carbocycles. The van der Waals surface area contributed by atoms with Gasteiger partial charge in [-0.2, -0.15) is 0 Å². The Balaban J connectivity index is 0.00000288. The van der Waals surface area contributed by atoms with Gasteiger partial charge in [0.05, 0.1) is 12.7 Å². The Morgan fingerprint density at radius 2 is 1.88 bits per heavy atom. The van der Waals surface area contributed by atoms with Crippen LogP contribution in [0.5, 0.6) is 5.75 Å². The molecule has 0 radical (unpaired) electrons. The summed E-state index contributed by atoms with van der Waals surface area (Å²) >= 11 is 0. The van der Waals surface area contributed by atoms with Crippen LogP contribution in [-0.4, -0.2) is 37.6 Å². The van der Waals surface area contributed by atoms with Crippen molar-refractivity contribution in [1.82, 2.24) is 4.90 Å². The Bertz CT molecular complexity index is 653. The van der Waals surface area contributed by atoms with Crippen molar-refractivity contribution in [3.05, 3.63) is 65.5 Å². The van der Waals surface area contributed by atoms with E-state index < -0.39 is 5.82 Å². The summed E-state index contributed by atoms with van der Waals surface area (Å²) in [7, 11) is 1.46. The number of nitrogens with two attached hydrogens (primary N) is 1. The fraction of sp³-hybridized carbons (Fsp3) is 0.278. The minimum Gasteiger partial charge on any atom is -0.497 e. The van der Waals surface area contributed by atoms with Crippen LogP contribution in [0.15, 0.2) is 48.5 Å². The minimum atomic E-state index is -0.587. The van der Waals surface area contributed by atoms with Crippen molar-refractivity contribution in [3.63, 3.8) is 0 Å². The van der Waals surface area contributed by atoms with Crippen LogP contribution in [0.3, 0.4) is 0 Å². The van der Waals surface area contributed by atoms with Crippen LogP contribution in [0.25, 0.3) is 0 Å². The van der Waals surface area contributed by atoms with Crippen LogP contribution in [0.2, 0.25) is 0 Å². The molecule has 0 bridgehead atoms. The monoisotopic (exact) mass is 352 g/mol. The average Bonchev–Trinajstić information content (AvgIpc) is 2.58. The lowest BCUT2D eigenvalue weighted by Crippen LogP contribution is -2.37. The molecule has 2 rings (SSSR count). The topological polar surface area (TPSA) is 55.6 Å². The van der Waals surface area contributed by atoms with Crippen LogP contribution in [0.4, 0.5) is 4.39 Å². The molecule has 2 N–H and O–H groups in total. The van der Waals surface area contributed by atoms with Gasteiger partial charge < -0.3 is 15.4 Å². The molecule has 0 heterocycles. The highest BCUT2D eigenvalue weighted by molar-refractivity contribution is 5.94. The molecule has 6 heteroatoms.